The average molecular weight is 364 g/mol. The van der Waals surface area contributed by atoms with E-state index in [-0.39, 0.29) is 11.9 Å². The normalized spacial score (nSPS) is 25.3. The van der Waals surface area contributed by atoms with Crippen molar-refractivity contribution >= 4 is 39.5 Å². The van der Waals surface area contributed by atoms with Crippen LogP contribution in [0.2, 0.25) is 0 Å². The Bertz CT molecular complexity index is 430. The van der Waals surface area contributed by atoms with Gasteiger partial charge in [0.1, 0.15) is 5.82 Å². The standard InChI is InChI=1S/C14H19BrFNS2/c1-3-17-13(14-9(2)18-6-7-19-14)11-8-10(15)4-5-12(11)16/h4-5,8-9,13-14,17H,3,6-7H2,1-2H3. The fourth-order valence-electron chi connectivity index (χ4n) is 2.39. The number of benzene rings is 1. The van der Waals surface area contributed by atoms with Gasteiger partial charge in [0.15, 0.2) is 0 Å². The molecular weight excluding hydrogens is 345 g/mol. The molecule has 0 amide bonds. The van der Waals surface area contributed by atoms with Crippen molar-refractivity contribution in [2.75, 3.05) is 18.1 Å². The highest BCUT2D eigenvalue weighted by atomic mass is 79.9. The molecule has 1 aliphatic heterocycles. The van der Waals surface area contributed by atoms with Gasteiger partial charge in [0.25, 0.3) is 0 Å². The summed E-state index contributed by atoms with van der Waals surface area (Å²) in [5.41, 5.74) is 0.781. The lowest BCUT2D eigenvalue weighted by molar-refractivity contribution is 0.493. The first-order valence-corrected chi connectivity index (χ1v) is 9.44. The summed E-state index contributed by atoms with van der Waals surface area (Å²) in [5, 5.41) is 4.43. The van der Waals surface area contributed by atoms with Crippen molar-refractivity contribution in [1.82, 2.24) is 5.32 Å². The van der Waals surface area contributed by atoms with E-state index >= 15 is 0 Å². The van der Waals surface area contributed by atoms with Gasteiger partial charge in [0, 0.05) is 38.1 Å². The van der Waals surface area contributed by atoms with Gasteiger partial charge in [-0.05, 0) is 24.7 Å². The smallest absolute Gasteiger partial charge is 0.128 e. The highest BCUT2D eigenvalue weighted by Gasteiger charge is 2.32. The second kappa shape index (κ2) is 7.34. The van der Waals surface area contributed by atoms with Gasteiger partial charge >= 0.3 is 0 Å². The van der Waals surface area contributed by atoms with E-state index < -0.39 is 0 Å². The van der Waals surface area contributed by atoms with Crippen LogP contribution in [-0.4, -0.2) is 28.6 Å². The van der Waals surface area contributed by atoms with Crippen molar-refractivity contribution in [2.45, 2.75) is 30.4 Å². The molecule has 0 saturated carbocycles. The molecule has 0 aliphatic carbocycles. The van der Waals surface area contributed by atoms with E-state index in [1.165, 1.54) is 5.75 Å². The monoisotopic (exact) mass is 363 g/mol. The molecule has 0 radical (unpaired) electrons. The zero-order valence-corrected chi connectivity index (χ0v) is 14.4. The van der Waals surface area contributed by atoms with E-state index in [1.807, 2.05) is 29.6 Å². The summed E-state index contributed by atoms with van der Waals surface area (Å²) in [5.74, 6) is 2.23. The molecule has 1 heterocycles. The minimum Gasteiger partial charge on any atom is -0.309 e. The van der Waals surface area contributed by atoms with Crippen LogP contribution < -0.4 is 5.32 Å². The number of hydrogen-bond acceptors (Lipinski definition) is 3. The van der Waals surface area contributed by atoms with Crippen LogP contribution in [0.3, 0.4) is 0 Å². The maximum Gasteiger partial charge on any atom is 0.128 e. The zero-order chi connectivity index (χ0) is 13.8. The molecule has 19 heavy (non-hydrogen) atoms. The minimum absolute atomic E-state index is 0.0790. The molecule has 1 nitrogen and oxygen atoms in total. The van der Waals surface area contributed by atoms with Crippen molar-refractivity contribution in [3.8, 4) is 0 Å². The number of thioether (sulfide) groups is 2. The van der Waals surface area contributed by atoms with Crippen molar-refractivity contribution in [3.63, 3.8) is 0 Å². The number of nitrogens with one attached hydrogen (secondary N) is 1. The fourth-order valence-corrected chi connectivity index (χ4v) is 5.71. The first-order chi connectivity index (χ1) is 9.13. The molecular formula is C14H19BrFNS2. The summed E-state index contributed by atoms with van der Waals surface area (Å²) >= 11 is 7.40. The van der Waals surface area contributed by atoms with Crippen LogP contribution in [0.25, 0.3) is 0 Å². The van der Waals surface area contributed by atoms with Gasteiger partial charge in [-0.2, -0.15) is 23.5 Å². The predicted molar refractivity (Wildman–Crippen MR) is 88.7 cm³/mol. The van der Waals surface area contributed by atoms with Gasteiger partial charge in [-0.25, -0.2) is 4.39 Å². The summed E-state index contributed by atoms with van der Waals surface area (Å²) < 4.78 is 15.1. The second-order valence-corrected chi connectivity index (χ2v) is 8.30. The maximum atomic E-state index is 14.1. The Morgan fingerprint density at radius 3 is 2.84 bits per heavy atom. The van der Waals surface area contributed by atoms with Crippen LogP contribution in [0.1, 0.15) is 25.5 Å². The second-order valence-electron chi connectivity index (χ2n) is 4.61. The molecule has 5 heteroatoms. The van der Waals surface area contributed by atoms with Crippen LogP contribution in [0.15, 0.2) is 22.7 Å². The third-order valence-corrected chi connectivity index (χ3v) is 6.97. The van der Waals surface area contributed by atoms with Crippen molar-refractivity contribution in [3.05, 3.63) is 34.1 Å². The summed E-state index contributed by atoms with van der Waals surface area (Å²) in [6.07, 6.45) is 0. The molecule has 1 saturated heterocycles. The van der Waals surface area contributed by atoms with Crippen molar-refractivity contribution in [1.29, 1.82) is 0 Å². The predicted octanol–water partition coefficient (Wildman–Crippen LogP) is 4.48. The van der Waals surface area contributed by atoms with Crippen molar-refractivity contribution in [2.24, 2.45) is 0 Å². The first-order valence-electron chi connectivity index (χ1n) is 6.55. The van der Waals surface area contributed by atoms with Gasteiger partial charge in [-0.1, -0.05) is 29.8 Å². The van der Waals surface area contributed by atoms with Crippen LogP contribution in [-0.2, 0) is 0 Å². The molecule has 106 valence electrons. The van der Waals surface area contributed by atoms with E-state index in [1.54, 1.807) is 12.1 Å². The fraction of sp³-hybridized carbons (Fsp3) is 0.571. The molecule has 3 unspecified atom stereocenters. The Labute approximate surface area is 131 Å². The van der Waals surface area contributed by atoms with Crippen LogP contribution in [0, 0.1) is 5.82 Å². The lowest BCUT2D eigenvalue weighted by Crippen LogP contribution is -2.38. The molecule has 1 aromatic carbocycles. The topological polar surface area (TPSA) is 12.0 Å². The van der Waals surface area contributed by atoms with Gasteiger partial charge in [0.2, 0.25) is 0 Å². The largest absolute Gasteiger partial charge is 0.309 e. The molecule has 1 aliphatic rings. The Morgan fingerprint density at radius 1 is 1.42 bits per heavy atom. The summed E-state index contributed by atoms with van der Waals surface area (Å²) in [4.78, 5) is 0. The van der Waals surface area contributed by atoms with Crippen molar-refractivity contribution < 1.29 is 4.39 Å². The molecule has 3 atom stereocenters. The molecule has 1 N–H and O–H groups in total. The van der Waals surface area contributed by atoms with Gasteiger partial charge < -0.3 is 5.32 Å². The highest BCUT2D eigenvalue weighted by Crippen LogP contribution is 2.39. The lowest BCUT2D eigenvalue weighted by atomic mass is 10.0. The third-order valence-electron chi connectivity index (χ3n) is 3.28. The Hall–Kier alpha value is 0.290. The Morgan fingerprint density at radius 2 is 2.16 bits per heavy atom. The molecule has 1 aromatic rings. The van der Waals surface area contributed by atoms with E-state index in [4.69, 9.17) is 0 Å². The van der Waals surface area contributed by atoms with E-state index in [9.17, 15) is 4.39 Å². The summed E-state index contributed by atoms with van der Waals surface area (Å²) in [6.45, 7) is 5.18. The van der Waals surface area contributed by atoms with Gasteiger partial charge in [0.05, 0.1) is 0 Å². The Balaban J connectivity index is 2.30. The highest BCUT2D eigenvalue weighted by molar-refractivity contribution is 9.10. The quantitative estimate of drug-likeness (QED) is 0.846. The van der Waals surface area contributed by atoms with Crippen LogP contribution >= 0.6 is 39.5 Å². The number of hydrogen-bond donors (Lipinski definition) is 1. The maximum absolute atomic E-state index is 14.1. The van der Waals surface area contributed by atoms with E-state index in [0.29, 0.717) is 10.5 Å². The minimum atomic E-state index is -0.113. The zero-order valence-electron chi connectivity index (χ0n) is 11.2. The van der Waals surface area contributed by atoms with E-state index in [0.717, 1.165) is 22.3 Å². The molecule has 2 rings (SSSR count). The molecule has 1 fully saturated rings. The lowest BCUT2D eigenvalue weighted by Gasteiger charge is -2.35. The third kappa shape index (κ3) is 3.90. The first kappa shape index (κ1) is 15.7. The van der Waals surface area contributed by atoms with Gasteiger partial charge in [-0.3, -0.25) is 0 Å². The van der Waals surface area contributed by atoms with E-state index in [2.05, 4.69) is 35.1 Å². The van der Waals surface area contributed by atoms with Gasteiger partial charge in [-0.15, -0.1) is 0 Å². The molecule has 0 aromatic heterocycles. The molecule has 0 spiro atoms. The van der Waals surface area contributed by atoms with Crippen LogP contribution in [0.5, 0.6) is 0 Å². The molecule has 0 bridgehead atoms. The SMILES string of the molecule is CCNC(c1cc(Br)ccc1F)C1SCCSC1C. The Kier molecular flexibility index (Phi) is 6.06. The average Bonchev–Trinajstić information content (AvgIpc) is 2.40. The summed E-state index contributed by atoms with van der Waals surface area (Å²) in [7, 11) is 0. The summed E-state index contributed by atoms with van der Waals surface area (Å²) in [6, 6.07) is 5.30. The number of halogens is 2. The van der Waals surface area contributed by atoms with Crippen LogP contribution in [0.4, 0.5) is 4.39 Å². The number of rotatable bonds is 4.